The van der Waals surface area contributed by atoms with Crippen LogP contribution in [0.5, 0.6) is 5.75 Å². The molecule has 0 bridgehead atoms. The topological polar surface area (TPSA) is 60.0 Å². The maximum absolute atomic E-state index is 5.73. The normalized spacial score (nSPS) is 19.5. The highest BCUT2D eigenvalue weighted by molar-refractivity contribution is 6.06. The van der Waals surface area contributed by atoms with Crippen LogP contribution in [-0.2, 0) is 0 Å². The summed E-state index contributed by atoms with van der Waals surface area (Å²) in [7, 11) is 0. The third kappa shape index (κ3) is 2.46. The van der Waals surface area contributed by atoms with Gasteiger partial charge in [0.1, 0.15) is 11.6 Å². The summed E-state index contributed by atoms with van der Waals surface area (Å²) in [6, 6.07) is 7.90. The number of amidine groups is 1. The Bertz CT molecular complexity index is 465. The number of para-hydroxylation sites is 1. The van der Waals surface area contributed by atoms with Gasteiger partial charge in [-0.2, -0.15) is 5.10 Å². The molecule has 0 saturated heterocycles. The van der Waals surface area contributed by atoms with E-state index in [1.54, 1.807) is 0 Å². The monoisotopic (exact) mass is 231 g/mol. The number of rotatable bonds is 3. The molecule has 2 N–H and O–H groups in total. The van der Waals surface area contributed by atoms with E-state index in [0.717, 1.165) is 23.4 Å². The van der Waals surface area contributed by atoms with Crippen molar-refractivity contribution in [3.8, 4) is 5.75 Å². The van der Waals surface area contributed by atoms with Crippen LogP contribution in [0.4, 0.5) is 0 Å². The van der Waals surface area contributed by atoms with Crippen molar-refractivity contribution < 1.29 is 4.74 Å². The first-order chi connectivity index (χ1) is 8.22. The van der Waals surface area contributed by atoms with Crippen LogP contribution >= 0.6 is 0 Å². The molecule has 1 unspecified atom stereocenters. The third-order valence-corrected chi connectivity index (χ3v) is 2.79. The Labute approximate surface area is 101 Å². The smallest absolute Gasteiger partial charge is 0.128 e. The lowest BCUT2D eigenvalue weighted by Gasteiger charge is -2.18. The Morgan fingerprint density at radius 3 is 2.82 bits per heavy atom. The van der Waals surface area contributed by atoms with E-state index < -0.39 is 0 Å². The predicted molar refractivity (Wildman–Crippen MR) is 69.6 cm³/mol. The van der Waals surface area contributed by atoms with E-state index in [-0.39, 0.29) is 5.92 Å². The molecule has 1 atom stereocenters. The van der Waals surface area contributed by atoms with Crippen LogP contribution in [0.15, 0.2) is 34.5 Å². The van der Waals surface area contributed by atoms with Crippen LogP contribution in [0.25, 0.3) is 0 Å². The van der Waals surface area contributed by atoms with Gasteiger partial charge in [-0.25, -0.2) is 0 Å². The summed E-state index contributed by atoms with van der Waals surface area (Å²) in [4.78, 5) is 0. The molecule has 0 amide bonds. The van der Waals surface area contributed by atoms with Gasteiger partial charge >= 0.3 is 0 Å². The first kappa shape index (κ1) is 11.6. The number of benzene rings is 1. The molecule has 0 spiro atoms. The van der Waals surface area contributed by atoms with Crippen molar-refractivity contribution in [3.63, 3.8) is 0 Å². The molecular weight excluding hydrogens is 214 g/mol. The highest BCUT2D eigenvalue weighted by Crippen LogP contribution is 2.24. The van der Waals surface area contributed by atoms with E-state index in [1.807, 2.05) is 31.2 Å². The van der Waals surface area contributed by atoms with Crippen LogP contribution in [0, 0.1) is 5.92 Å². The second kappa shape index (κ2) is 4.99. The molecule has 0 saturated carbocycles. The van der Waals surface area contributed by atoms with Crippen molar-refractivity contribution >= 4 is 11.5 Å². The van der Waals surface area contributed by atoms with Gasteiger partial charge in [0.25, 0.3) is 0 Å². The van der Waals surface area contributed by atoms with Gasteiger partial charge in [0.2, 0.25) is 0 Å². The van der Waals surface area contributed by atoms with Gasteiger partial charge in [0.05, 0.1) is 12.3 Å². The molecular formula is C13H17N3O. The van der Waals surface area contributed by atoms with Crippen molar-refractivity contribution in [3.05, 3.63) is 29.8 Å². The molecule has 0 aromatic heterocycles. The van der Waals surface area contributed by atoms with Gasteiger partial charge in [0, 0.05) is 17.9 Å². The molecule has 0 fully saturated rings. The minimum Gasteiger partial charge on any atom is -0.493 e. The number of ether oxygens (including phenoxy) is 1. The first-order valence-electron chi connectivity index (χ1n) is 5.84. The van der Waals surface area contributed by atoms with Crippen molar-refractivity contribution in [2.45, 2.75) is 20.3 Å². The van der Waals surface area contributed by atoms with Crippen LogP contribution in [0.3, 0.4) is 0 Å². The van der Waals surface area contributed by atoms with E-state index in [9.17, 15) is 0 Å². The summed E-state index contributed by atoms with van der Waals surface area (Å²) in [5.74, 6) is 1.69. The van der Waals surface area contributed by atoms with Crippen molar-refractivity contribution in [2.24, 2.45) is 21.9 Å². The highest BCUT2D eigenvalue weighted by atomic mass is 16.5. The van der Waals surface area contributed by atoms with Crippen LogP contribution < -0.4 is 10.5 Å². The standard InChI is InChI=1S/C13H17N3O/c1-3-17-12-7-5-4-6-10(12)11-8-9(2)13(14)16-15-11/h4-7,9H,3,8H2,1-2H3,(H2,14,16). The van der Waals surface area contributed by atoms with Gasteiger partial charge in [-0.3, -0.25) is 0 Å². The molecule has 4 heteroatoms. The van der Waals surface area contributed by atoms with Gasteiger partial charge in [-0.1, -0.05) is 19.1 Å². The number of nitrogens with two attached hydrogens (primary N) is 1. The lowest BCUT2D eigenvalue weighted by atomic mass is 9.97. The van der Waals surface area contributed by atoms with Crippen molar-refractivity contribution in [2.75, 3.05) is 6.61 Å². The summed E-state index contributed by atoms with van der Waals surface area (Å²) in [6.07, 6.45) is 0.805. The zero-order valence-corrected chi connectivity index (χ0v) is 10.2. The highest BCUT2D eigenvalue weighted by Gasteiger charge is 2.19. The van der Waals surface area contributed by atoms with Gasteiger partial charge < -0.3 is 10.5 Å². The maximum atomic E-state index is 5.73. The maximum Gasteiger partial charge on any atom is 0.128 e. The lowest BCUT2D eigenvalue weighted by molar-refractivity contribution is 0.339. The SMILES string of the molecule is CCOc1ccccc1C1=NN=C(N)C(C)C1. The Morgan fingerprint density at radius 2 is 2.12 bits per heavy atom. The molecule has 1 aliphatic heterocycles. The van der Waals surface area contributed by atoms with Crippen molar-refractivity contribution in [1.82, 2.24) is 0 Å². The quantitative estimate of drug-likeness (QED) is 0.866. The molecule has 4 nitrogen and oxygen atoms in total. The number of nitrogens with zero attached hydrogens (tertiary/aromatic N) is 2. The van der Waals surface area contributed by atoms with Gasteiger partial charge in [-0.15, -0.1) is 5.10 Å². The van der Waals surface area contributed by atoms with E-state index in [4.69, 9.17) is 10.5 Å². The molecule has 90 valence electrons. The minimum atomic E-state index is 0.234. The Morgan fingerprint density at radius 1 is 1.35 bits per heavy atom. The summed E-state index contributed by atoms with van der Waals surface area (Å²) in [5.41, 5.74) is 7.68. The molecule has 1 aromatic rings. The summed E-state index contributed by atoms with van der Waals surface area (Å²) in [5, 5.41) is 8.17. The van der Waals surface area contributed by atoms with E-state index >= 15 is 0 Å². The Hall–Kier alpha value is -1.84. The van der Waals surface area contributed by atoms with Gasteiger partial charge in [-0.05, 0) is 19.1 Å². The fraction of sp³-hybridized carbons (Fsp3) is 0.385. The number of hydrogen-bond donors (Lipinski definition) is 1. The molecule has 17 heavy (non-hydrogen) atoms. The average molecular weight is 231 g/mol. The zero-order valence-electron chi connectivity index (χ0n) is 10.2. The lowest BCUT2D eigenvalue weighted by Crippen LogP contribution is -2.27. The molecule has 0 radical (unpaired) electrons. The summed E-state index contributed by atoms with van der Waals surface area (Å²) < 4.78 is 5.59. The first-order valence-corrected chi connectivity index (χ1v) is 5.84. The van der Waals surface area contributed by atoms with Crippen molar-refractivity contribution in [1.29, 1.82) is 0 Å². The number of hydrogen-bond acceptors (Lipinski definition) is 4. The molecule has 0 aliphatic carbocycles. The molecule has 1 aromatic carbocycles. The Kier molecular flexibility index (Phi) is 3.42. The molecule has 1 aliphatic rings. The summed E-state index contributed by atoms with van der Waals surface area (Å²) >= 11 is 0. The average Bonchev–Trinajstić information content (AvgIpc) is 2.34. The molecule has 2 rings (SSSR count). The van der Waals surface area contributed by atoms with Crippen LogP contribution in [0.1, 0.15) is 25.8 Å². The predicted octanol–water partition coefficient (Wildman–Crippen LogP) is 2.19. The zero-order chi connectivity index (χ0) is 12.3. The summed E-state index contributed by atoms with van der Waals surface area (Å²) in [6.45, 7) is 4.67. The third-order valence-electron chi connectivity index (χ3n) is 2.79. The van der Waals surface area contributed by atoms with E-state index in [2.05, 4.69) is 17.1 Å². The van der Waals surface area contributed by atoms with Crippen LogP contribution in [-0.4, -0.2) is 18.2 Å². The van der Waals surface area contributed by atoms with Crippen LogP contribution in [0.2, 0.25) is 0 Å². The fourth-order valence-electron chi connectivity index (χ4n) is 1.80. The Balaban J connectivity index is 2.34. The minimum absolute atomic E-state index is 0.234. The van der Waals surface area contributed by atoms with Gasteiger partial charge in [0.15, 0.2) is 0 Å². The fourth-order valence-corrected chi connectivity index (χ4v) is 1.80. The second-order valence-electron chi connectivity index (χ2n) is 4.11. The molecule has 1 heterocycles. The second-order valence-corrected chi connectivity index (χ2v) is 4.11. The van der Waals surface area contributed by atoms with E-state index in [0.29, 0.717) is 12.4 Å². The largest absolute Gasteiger partial charge is 0.493 e. The van der Waals surface area contributed by atoms with E-state index in [1.165, 1.54) is 0 Å².